The molecule has 4 rings (SSSR count). The van der Waals surface area contributed by atoms with Gasteiger partial charge in [0.15, 0.2) is 5.79 Å². The molecule has 2 aliphatic heterocycles. The summed E-state index contributed by atoms with van der Waals surface area (Å²) in [6, 6.07) is 8.52. The zero-order valence-corrected chi connectivity index (χ0v) is 14.8. The number of hydrogen-bond acceptors (Lipinski definition) is 4. The van der Waals surface area contributed by atoms with Crippen molar-refractivity contribution in [1.29, 1.82) is 0 Å². The Morgan fingerprint density at radius 2 is 2.04 bits per heavy atom. The van der Waals surface area contributed by atoms with Gasteiger partial charge in [-0.2, -0.15) is 0 Å². The summed E-state index contributed by atoms with van der Waals surface area (Å²) in [6.07, 6.45) is 2.85. The average molecular weight is 329 g/mol. The van der Waals surface area contributed by atoms with Crippen molar-refractivity contribution in [3.8, 4) is 0 Å². The van der Waals surface area contributed by atoms with Crippen LogP contribution in [0.15, 0.2) is 30.0 Å². The largest absolute Gasteiger partial charge is 0.509 e. The van der Waals surface area contributed by atoms with E-state index in [1.54, 1.807) is 0 Å². The molecule has 2 heterocycles. The average Bonchev–Trinajstić information content (AvgIpc) is 2.93. The van der Waals surface area contributed by atoms with E-state index in [1.807, 2.05) is 13.8 Å². The molecular formula is C20H27NO3. The molecular weight excluding hydrogens is 302 g/mol. The molecule has 0 aromatic heterocycles. The van der Waals surface area contributed by atoms with Gasteiger partial charge in [0.1, 0.15) is 18.0 Å². The first-order valence-electron chi connectivity index (χ1n) is 9.13. The van der Waals surface area contributed by atoms with Crippen LogP contribution in [0.5, 0.6) is 0 Å². The lowest BCUT2D eigenvalue weighted by atomic mass is 9.95. The molecule has 4 heteroatoms. The maximum atomic E-state index is 11.0. The van der Waals surface area contributed by atoms with Gasteiger partial charge in [-0.15, -0.1) is 0 Å². The summed E-state index contributed by atoms with van der Waals surface area (Å²) >= 11 is 0. The monoisotopic (exact) mass is 329 g/mol. The Balaban J connectivity index is 1.80. The quantitative estimate of drug-likeness (QED) is 0.921. The van der Waals surface area contributed by atoms with Crippen molar-refractivity contribution in [1.82, 2.24) is 4.90 Å². The van der Waals surface area contributed by atoms with Crippen LogP contribution in [0, 0.1) is 0 Å². The normalized spacial score (nSPS) is 31.5. The Morgan fingerprint density at radius 1 is 1.25 bits per heavy atom. The lowest BCUT2D eigenvalue weighted by Crippen LogP contribution is -2.45. The van der Waals surface area contributed by atoms with Crippen LogP contribution < -0.4 is 0 Å². The van der Waals surface area contributed by atoms with Crippen LogP contribution in [0.25, 0.3) is 5.57 Å². The molecule has 24 heavy (non-hydrogen) atoms. The van der Waals surface area contributed by atoms with Crippen LogP contribution in [0.4, 0.5) is 0 Å². The Hall–Kier alpha value is -1.36. The molecule has 1 N–H and O–H groups in total. The van der Waals surface area contributed by atoms with Crippen LogP contribution in [-0.4, -0.2) is 47.1 Å². The minimum absolute atomic E-state index is 0.0759. The lowest BCUT2D eigenvalue weighted by molar-refractivity contribution is -0.151. The highest BCUT2D eigenvalue weighted by atomic mass is 16.8. The summed E-state index contributed by atoms with van der Waals surface area (Å²) in [7, 11) is 0. The maximum Gasteiger partial charge on any atom is 0.164 e. The maximum absolute atomic E-state index is 11.0. The number of hydrogen-bond donors (Lipinski definition) is 1. The Labute approximate surface area is 144 Å². The van der Waals surface area contributed by atoms with Crippen molar-refractivity contribution in [3.63, 3.8) is 0 Å². The molecule has 0 saturated carbocycles. The molecule has 1 aromatic rings. The van der Waals surface area contributed by atoms with Crippen molar-refractivity contribution in [2.24, 2.45) is 0 Å². The third-order valence-corrected chi connectivity index (χ3v) is 5.45. The Kier molecular flexibility index (Phi) is 3.94. The van der Waals surface area contributed by atoms with Crippen molar-refractivity contribution in [2.75, 3.05) is 13.1 Å². The number of ether oxygens (including phenoxy) is 2. The highest BCUT2D eigenvalue weighted by molar-refractivity contribution is 5.78. The molecule has 0 unspecified atom stereocenters. The SMILES string of the molecule is CCCCN1CCc2ccccc2C2=C(O)[C@H]3OC(C)(C)O[C@H]3[C@@H]21. The smallest absolute Gasteiger partial charge is 0.164 e. The van der Waals surface area contributed by atoms with Crippen LogP contribution >= 0.6 is 0 Å². The molecule has 0 radical (unpaired) electrons. The zero-order valence-electron chi connectivity index (χ0n) is 14.8. The molecule has 3 atom stereocenters. The van der Waals surface area contributed by atoms with E-state index in [0.717, 1.165) is 37.9 Å². The van der Waals surface area contributed by atoms with Crippen LogP contribution in [0.2, 0.25) is 0 Å². The Morgan fingerprint density at radius 3 is 2.83 bits per heavy atom. The van der Waals surface area contributed by atoms with Gasteiger partial charge in [0.05, 0.1) is 6.04 Å². The van der Waals surface area contributed by atoms with E-state index in [1.165, 1.54) is 11.1 Å². The van der Waals surface area contributed by atoms with Crippen molar-refractivity contribution < 1.29 is 14.6 Å². The second-order valence-corrected chi connectivity index (χ2v) is 7.56. The molecule has 4 nitrogen and oxygen atoms in total. The molecule has 1 fully saturated rings. The van der Waals surface area contributed by atoms with E-state index < -0.39 is 5.79 Å². The van der Waals surface area contributed by atoms with Crippen molar-refractivity contribution >= 4 is 5.57 Å². The fourth-order valence-electron chi connectivity index (χ4n) is 4.40. The molecule has 3 aliphatic rings. The van der Waals surface area contributed by atoms with E-state index in [0.29, 0.717) is 5.76 Å². The predicted molar refractivity (Wildman–Crippen MR) is 93.8 cm³/mol. The number of benzene rings is 1. The van der Waals surface area contributed by atoms with Crippen LogP contribution in [0.3, 0.4) is 0 Å². The second-order valence-electron chi connectivity index (χ2n) is 7.56. The first-order chi connectivity index (χ1) is 11.5. The van der Waals surface area contributed by atoms with E-state index >= 15 is 0 Å². The highest BCUT2D eigenvalue weighted by Gasteiger charge is 2.56. The van der Waals surface area contributed by atoms with Crippen molar-refractivity contribution in [3.05, 3.63) is 41.2 Å². The molecule has 1 aromatic carbocycles. The third-order valence-electron chi connectivity index (χ3n) is 5.45. The molecule has 0 bridgehead atoms. The lowest BCUT2D eigenvalue weighted by Gasteiger charge is -2.32. The van der Waals surface area contributed by atoms with Gasteiger partial charge in [0.2, 0.25) is 0 Å². The topological polar surface area (TPSA) is 41.9 Å². The van der Waals surface area contributed by atoms with Gasteiger partial charge < -0.3 is 14.6 Å². The van der Waals surface area contributed by atoms with E-state index in [4.69, 9.17) is 9.47 Å². The van der Waals surface area contributed by atoms with Gasteiger partial charge in [-0.25, -0.2) is 0 Å². The first kappa shape index (κ1) is 16.1. The van der Waals surface area contributed by atoms with Gasteiger partial charge in [-0.3, -0.25) is 4.90 Å². The molecule has 0 amide bonds. The number of aliphatic hydroxyl groups is 1. The van der Waals surface area contributed by atoms with Crippen LogP contribution in [-0.2, 0) is 15.9 Å². The summed E-state index contributed by atoms with van der Waals surface area (Å²) in [5.74, 6) is -0.275. The van der Waals surface area contributed by atoms with Crippen molar-refractivity contribution in [2.45, 2.75) is 64.1 Å². The third kappa shape index (κ3) is 2.48. The minimum Gasteiger partial charge on any atom is -0.509 e. The molecule has 130 valence electrons. The zero-order chi connectivity index (χ0) is 16.9. The van der Waals surface area contributed by atoms with E-state index in [-0.39, 0.29) is 18.2 Å². The van der Waals surface area contributed by atoms with Gasteiger partial charge in [-0.05, 0) is 44.4 Å². The first-order valence-corrected chi connectivity index (χ1v) is 9.13. The summed E-state index contributed by atoms with van der Waals surface area (Å²) < 4.78 is 12.3. The van der Waals surface area contributed by atoms with Gasteiger partial charge in [-0.1, -0.05) is 37.6 Å². The highest BCUT2D eigenvalue weighted by Crippen LogP contribution is 2.47. The second kappa shape index (κ2) is 5.87. The summed E-state index contributed by atoms with van der Waals surface area (Å²) in [5, 5.41) is 11.0. The van der Waals surface area contributed by atoms with Gasteiger partial charge in [0.25, 0.3) is 0 Å². The minimum atomic E-state index is -0.642. The fourth-order valence-corrected chi connectivity index (χ4v) is 4.40. The number of fused-ring (bicyclic) bond motifs is 5. The number of rotatable bonds is 3. The number of unbranched alkanes of at least 4 members (excludes halogenated alkanes) is 1. The molecule has 1 saturated heterocycles. The standard InChI is InChI=1S/C20H27NO3/c1-4-5-11-21-12-10-13-8-6-7-9-14(13)15-16(21)18-19(17(15)22)24-20(2,3)23-18/h6-9,16,18-19,22H,4-5,10-12H2,1-3H3/t16-,18+,19-/m1/s1. The molecule has 0 spiro atoms. The Bertz CT molecular complexity index is 667. The van der Waals surface area contributed by atoms with Crippen LogP contribution in [0.1, 0.15) is 44.7 Å². The summed E-state index contributed by atoms with van der Waals surface area (Å²) in [6.45, 7) is 8.10. The van der Waals surface area contributed by atoms with E-state index in [2.05, 4.69) is 36.1 Å². The fraction of sp³-hybridized carbons (Fsp3) is 0.600. The number of aliphatic hydroxyl groups excluding tert-OH is 1. The summed E-state index contributed by atoms with van der Waals surface area (Å²) in [5.41, 5.74) is 3.49. The van der Waals surface area contributed by atoms with Gasteiger partial charge >= 0.3 is 0 Å². The number of nitrogens with zero attached hydrogens (tertiary/aromatic N) is 1. The predicted octanol–water partition coefficient (Wildman–Crippen LogP) is 3.52. The van der Waals surface area contributed by atoms with Gasteiger partial charge in [0, 0.05) is 12.1 Å². The summed E-state index contributed by atoms with van der Waals surface area (Å²) in [4.78, 5) is 2.49. The van der Waals surface area contributed by atoms with E-state index in [9.17, 15) is 5.11 Å². The molecule has 1 aliphatic carbocycles.